The summed E-state index contributed by atoms with van der Waals surface area (Å²) in [5.74, 6) is -1.09. The minimum absolute atomic E-state index is 0.0195. The van der Waals surface area contributed by atoms with Gasteiger partial charge in [0.2, 0.25) is 0 Å². The van der Waals surface area contributed by atoms with E-state index in [1.54, 1.807) is 20.8 Å². The topological polar surface area (TPSA) is 130 Å². The summed E-state index contributed by atoms with van der Waals surface area (Å²) in [5.41, 5.74) is 0. The van der Waals surface area contributed by atoms with E-state index in [1.807, 2.05) is 20.8 Å². The van der Waals surface area contributed by atoms with Gasteiger partial charge >= 0.3 is 0 Å². The Morgan fingerprint density at radius 1 is 0.971 bits per heavy atom. The number of hydrogen-bond acceptors (Lipinski definition) is 10. The van der Waals surface area contributed by atoms with Crippen LogP contribution in [0.25, 0.3) is 0 Å². The molecular weight excluding hydrogens is 460 g/mol. The van der Waals surface area contributed by atoms with Gasteiger partial charge in [0, 0.05) is 25.7 Å². The lowest BCUT2D eigenvalue weighted by Gasteiger charge is -2.23. The van der Waals surface area contributed by atoms with Crippen LogP contribution in [0.4, 0.5) is 0 Å². The Kier molecular flexibility index (Phi) is 14.6. The molecule has 0 aromatic carbocycles. The first-order chi connectivity index (χ1) is 16.4. The molecule has 10 nitrogen and oxygen atoms in total. The van der Waals surface area contributed by atoms with Crippen molar-refractivity contribution >= 4 is 11.6 Å². The molecule has 2 aliphatic rings. The van der Waals surface area contributed by atoms with Crippen molar-refractivity contribution in [3.63, 3.8) is 0 Å². The van der Waals surface area contributed by atoms with E-state index >= 15 is 0 Å². The zero-order chi connectivity index (χ0) is 26.5. The molecule has 2 N–H and O–H groups in total. The molecular formula is C25H46O10. The maximum absolute atomic E-state index is 11.0. The van der Waals surface area contributed by atoms with Crippen molar-refractivity contribution in [2.45, 2.75) is 110 Å². The van der Waals surface area contributed by atoms with Crippen molar-refractivity contribution in [2.24, 2.45) is 0 Å². The minimum atomic E-state index is -0.680. The number of rotatable bonds is 15. The molecule has 35 heavy (non-hydrogen) atoms. The second-order valence-corrected chi connectivity index (χ2v) is 9.71. The summed E-state index contributed by atoms with van der Waals surface area (Å²) < 4.78 is 33.4. The lowest BCUT2D eigenvalue weighted by Crippen LogP contribution is -2.30. The summed E-state index contributed by atoms with van der Waals surface area (Å²) in [4.78, 5) is 21.9. The molecule has 2 heterocycles. The number of ether oxygens (including phenoxy) is 6. The molecule has 6 unspecified atom stereocenters. The first-order valence-electron chi connectivity index (χ1n) is 12.5. The summed E-state index contributed by atoms with van der Waals surface area (Å²) in [5, 5.41) is 18.1. The molecule has 6 atom stereocenters. The zero-order valence-corrected chi connectivity index (χ0v) is 22.2. The van der Waals surface area contributed by atoms with Crippen molar-refractivity contribution in [3.05, 3.63) is 0 Å². The van der Waals surface area contributed by atoms with Crippen LogP contribution in [0.3, 0.4) is 0 Å². The summed E-state index contributed by atoms with van der Waals surface area (Å²) in [7, 11) is 0. The van der Waals surface area contributed by atoms with Gasteiger partial charge in [-0.3, -0.25) is 0 Å². The fourth-order valence-electron chi connectivity index (χ4n) is 3.53. The number of aliphatic hydroxyl groups excluding tert-OH is 2. The Morgan fingerprint density at radius 3 is 1.86 bits per heavy atom. The second kappa shape index (κ2) is 16.0. The van der Waals surface area contributed by atoms with Gasteiger partial charge in [0.15, 0.2) is 11.6 Å². The molecule has 2 saturated heterocycles. The van der Waals surface area contributed by atoms with Crippen LogP contribution in [0.15, 0.2) is 0 Å². The maximum Gasteiger partial charge on any atom is 0.166 e. The highest BCUT2D eigenvalue weighted by Crippen LogP contribution is 2.29. The minimum Gasteiger partial charge on any atom is -0.394 e. The fourth-order valence-corrected chi connectivity index (χ4v) is 3.53. The van der Waals surface area contributed by atoms with Gasteiger partial charge in [-0.05, 0) is 41.0 Å². The normalized spacial score (nSPS) is 29.9. The van der Waals surface area contributed by atoms with Crippen molar-refractivity contribution < 1.29 is 48.2 Å². The van der Waals surface area contributed by atoms with Crippen LogP contribution in [-0.2, 0) is 38.0 Å². The van der Waals surface area contributed by atoms with Crippen LogP contribution in [0.2, 0.25) is 0 Å². The molecule has 0 spiro atoms. The van der Waals surface area contributed by atoms with Gasteiger partial charge in [-0.1, -0.05) is 6.92 Å². The number of carbonyl (C=O) groups is 2. The number of ketones is 2. The largest absolute Gasteiger partial charge is 0.394 e. The number of carbonyl (C=O) groups excluding carboxylic acids is 2. The zero-order valence-electron chi connectivity index (χ0n) is 22.2. The van der Waals surface area contributed by atoms with Crippen LogP contribution in [0, 0.1) is 0 Å². The summed E-state index contributed by atoms with van der Waals surface area (Å²) in [6, 6.07) is 0. The van der Waals surface area contributed by atoms with Crippen LogP contribution in [-0.4, -0.2) is 97.4 Å². The predicted octanol–water partition coefficient (Wildman–Crippen LogP) is 2.16. The number of Topliss-reactive ketones (excluding diaryl/α,β-unsaturated/α-hetero) is 2. The maximum atomic E-state index is 11.0. The van der Waals surface area contributed by atoms with Crippen molar-refractivity contribution in [1.29, 1.82) is 0 Å². The summed E-state index contributed by atoms with van der Waals surface area (Å²) >= 11 is 0. The quantitative estimate of drug-likeness (QED) is 0.341. The second-order valence-electron chi connectivity index (χ2n) is 9.71. The highest BCUT2D eigenvalue weighted by Gasteiger charge is 2.38. The molecule has 0 radical (unpaired) electrons. The van der Waals surface area contributed by atoms with Gasteiger partial charge in [-0.2, -0.15) is 0 Å². The predicted molar refractivity (Wildman–Crippen MR) is 128 cm³/mol. The smallest absolute Gasteiger partial charge is 0.166 e. The van der Waals surface area contributed by atoms with Gasteiger partial charge < -0.3 is 48.2 Å². The Hall–Kier alpha value is -0.980. The third-order valence-electron chi connectivity index (χ3n) is 5.68. The monoisotopic (exact) mass is 506 g/mol. The third-order valence-corrected chi connectivity index (χ3v) is 5.68. The van der Waals surface area contributed by atoms with E-state index in [9.17, 15) is 9.59 Å². The standard InChI is InChI=1S/C13H24O5.C12H22O5/c1-4-11(7-14)16-8-12-9-17-13(3,18-12)6-5-10(2)15;1-9(13)4-5-12(3)16-8-11(17-12)7-15-6-10(2)14/h11-12,14H,4-9H2,1-3H3;10-11,14H,4-8H2,1-3H3. The van der Waals surface area contributed by atoms with Crippen LogP contribution < -0.4 is 0 Å². The lowest BCUT2D eigenvalue weighted by molar-refractivity contribution is -0.168. The Labute approximate surface area is 209 Å². The molecule has 0 aromatic rings. The molecule has 2 fully saturated rings. The van der Waals surface area contributed by atoms with Crippen molar-refractivity contribution in [1.82, 2.24) is 0 Å². The number of aliphatic hydroxyl groups is 2. The number of hydrogen-bond donors (Lipinski definition) is 2. The molecule has 10 heteroatoms. The molecule has 0 aromatic heterocycles. The Morgan fingerprint density at radius 2 is 1.46 bits per heavy atom. The van der Waals surface area contributed by atoms with E-state index in [-0.39, 0.29) is 36.5 Å². The van der Waals surface area contributed by atoms with E-state index in [0.29, 0.717) is 58.7 Å². The fraction of sp³-hybridized carbons (Fsp3) is 0.920. The van der Waals surface area contributed by atoms with E-state index in [2.05, 4.69) is 0 Å². The first kappa shape index (κ1) is 32.0. The third kappa shape index (κ3) is 13.8. The van der Waals surface area contributed by atoms with E-state index in [0.717, 1.165) is 6.42 Å². The van der Waals surface area contributed by atoms with Crippen LogP contribution in [0.5, 0.6) is 0 Å². The van der Waals surface area contributed by atoms with Crippen LogP contribution in [0.1, 0.15) is 73.6 Å². The van der Waals surface area contributed by atoms with E-state index in [1.165, 1.54) is 0 Å². The SMILES string of the molecule is CC(=O)CCC1(C)OCC(COCC(C)O)O1.CCC(CO)OCC1COC(C)(CCC(C)=O)O1. The van der Waals surface area contributed by atoms with E-state index < -0.39 is 17.7 Å². The average molecular weight is 507 g/mol. The highest BCUT2D eigenvalue weighted by molar-refractivity contribution is 5.75. The highest BCUT2D eigenvalue weighted by atomic mass is 16.8. The first-order valence-corrected chi connectivity index (χ1v) is 12.5. The van der Waals surface area contributed by atoms with Gasteiger partial charge in [0.1, 0.15) is 23.8 Å². The molecule has 2 rings (SSSR count). The van der Waals surface area contributed by atoms with Crippen molar-refractivity contribution in [2.75, 3.05) is 39.6 Å². The molecule has 0 amide bonds. The molecule has 206 valence electrons. The van der Waals surface area contributed by atoms with Gasteiger partial charge in [0.05, 0.1) is 51.8 Å². The lowest BCUT2D eigenvalue weighted by atomic mass is 10.1. The van der Waals surface area contributed by atoms with Crippen molar-refractivity contribution in [3.8, 4) is 0 Å². The molecule has 0 saturated carbocycles. The average Bonchev–Trinajstić information content (AvgIpc) is 3.35. The van der Waals surface area contributed by atoms with Gasteiger partial charge in [-0.25, -0.2) is 0 Å². The Balaban J connectivity index is 0.000000351. The van der Waals surface area contributed by atoms with Gasteiger partial charge in [0.25, 0.3) is 0 Å². The summed E-state index contributed by atoms with van der Waals surface area (Å²) in [6.07, 6.45) is 1.96. The van der Waals surface area contributed by atoms with E-state index in [4.69, 9.17) is 38.6 Å². The molecule has 0 aliphatic carbocycles. The van der Waals surface area contributed by atoms with Gasteiger partial charge in [-0.15, -0.1) is 0 Å². The summed E-state index contributed by atoms with van der Waals surface area (Å²) in [6.45, 7) is 12.5. The Bertz CT molecular complexity index is 623. The molecule has 0 bridgehead atoms. The van der Waals surface area contributed by atoms with Crippen LogP contribution >= 0.6 is 0 Å². The molecule has 2 aliphatic heterocycles.